The number of rotatable bonds is 3. The molecule has 2 aromatic rings. The second-order valence-electron chi connectivity index (χ2n) is 4.53. The van der Waals surface area contributed by atoms with Crippen LogP contribution in [0.5, 0.6) is 0 Å². The van der Waals surface area contributed by atoms with E-state index in [-0.39, 0.29) is 12.1 Å². The van der Waals surface area contributed by atoms with Gasteiger partial charge in [0.05, 0.1) is 17.9 Å². The summed E-state index contributed by atoms with van der Waals surface area (Å²) in [6.07, 6.45) is 3.60. The summed E-state index contributed by atoms with van der Waals surface area (Å²) in [5.74, 6) is 0.515. The standard InChI is InChI=1S/C13H16BrN5O/c1-8(10-6-15-19(3)7-10)17-13(20)18-12-5-4-11(14)9(2)16-12/h4-8H,1-3H3,(H2,16,17,18,20). The zero-order chi connectivity index (χ0) is 14.7. The van der Waals surface area contributed by atoms with Crippen molar-refractivity contribution < 1.29 is 4.79 Å². The average Bonchev–Trinajstić information content (AvgIpc) is 2.80. The summed E-state index contributed by atoms with van der Waals surface area (Å²) in [6, 6.07) is 3.17. The van der Waals surface area contributed by atoms with Crippen molar-refractivity contribution in [1.29, 1.82) is 0 Å². The van der Waals surface area contributed by atoms with E-state index in [0.29, 0.717) is 5.82 Å². The second-order valence-corrected chi connectivity index (χ2v) is 5.39. The van der Waals surface area contributed by atoms with Crippen LogP contribution in [-0.4, -0.2) is 20.8 Å². The Morgan fingerprint density at radius 3 is 2.80 bits per heavy atom. The summed E-state index contributed by atoms with van der Waals surface area (Å²) in [5, 5.41) is 9.62. The van der Waals surface area contributed by atoms with E-state index in [2.05, 4.69) is 36.6 Å². The molecule has 0 bridgehead atoms. The first-order valence-electron chi connectivity index (χ1n) is 6.15. The highest BCUT2D eigenvalue weighted by Gasteiger charge is 2.11. The highest BCUT2D eigenvalue weighted by atomic mass is 79.9. The van der Waals surface area contributed by atoms with Gasteiger partial charge in [0, 0.05) is 23.3 Å². The Balaban J connectivity index is 1.96. The zero-order valence-corrected chi connectivity index (χ0v) is 13.1. The van der Waals surface area contributed by atoms with Gasteiger partial charge in [-0.05, 0) is 41.9 Å². The van der Waals surface area contributed by atoms with E-state index in [1.54, 1.807) is 16.9 Å². The second kappa shape index (κ2) is 6.04. The summed E-state index contributed by atoms with van der Waals surface area (Å²) < 4.78 is 2.61. The van der Waals surface area contributed by atoms with Crippen molar-refractivity contribution in [3.63, 3.8) is 0 Å². The van der Waals surface area contributed by atoms with Gasteiger partial charge >= 0.3 is 6.03 Å². The molecule has 106 valence electrons. The van der Waals surface area contributed by atoms with Crippen LogP contribution in [0.4, 0.5) is 10.6 Å². The molecule has 2 N–H and O–H groups in total. The van der Waals surface area contributed by atoms with Crippen molar-refractivity contribution in [1.82, 2.24) is 20.1 Å². The first kappa shape index (κ1) is 14.5. The number of nitrogens with one attached hydrogen (secondary N) is 2. The number of aromatic nitrogens is 3. The van der Waals surface area contributed by atoms with Crippen molar-refractivity contribution in [2.24, 2.45) is 7.05 Å². The number of aryl methyl sites for hydroxylation is 2. The smallest absolute Gasteiger partial charge is 0.320 e. The van der Waals surface area contributed by atoms with Crippen LogP contribution >= 0.6 is 15.9 Å². The van der Waals surface area contributed by atoms with E-state index in [0.717, 1.165) is 15.7 Å². The van der Waals surface area contributed by atoms with Gasteiger partial charge in [0.15, 0.2) is 0 Å². The van der Waals surface area contributed by atoms with Crippen molar-refractivity contribution >= 4 is 27.8 Å². The molecular weight excluding hydrogens is 322 g/mol. The lowest BCUT2D eigenvalue weighted by Crippen LogP contribution is -2.31. The number of pyridine rings is 1. The molecule has 0 spiro atoms. The lowest BCUT2D eigenvalue weighted by molar-refractivity contribution is 0.249. The van der Waals surface area contributed by atoms with Crippen LogP contribution in [0.25, 0.3) is 0 Å². The fourth-order valence-corrected chi connectivity index (χ4v) is 1.93. The van der Waals surface area contributed by atoms with Gasteiger partial charge in [-0.25, -0.2) is 9.78 Å². The van der Waals surface area contributed by atoms with Gasteiger partial charge < -0.3 is 5.32 Å². The first-order chi connectivity index (χ1) is 9.45. The van der Waals surface area contributed by atoms with Crippen molar-refractivity contribution in [3.8, 4) is 0 Å². The highest BCUT2D eigenvalue weighted by Crippen LogP contribution is 2.16. The number of hydrogen-bond donors (Lipinski definition) is 2. The number of carbonyl (C=O) groups excluding carboxylic acids is 1. The molecule has 0 aliphatic rings. The molecule has 0 saturated heterocycles. The van der Waals surface area contributed by atoms with Crippen molar-refractivity contribution in [2.75, 3.05) is 5.32 Å². The van der Waals surface area contributed by atoms with Gasteiger partial charge in [-0.15, -0.1) is 0 Å². The van der Waals surface area contributed by atoms with Gasteiger partial charge in [-0.3, -0.25) is 10.00 Å². The normalized spacial score (nSPS) is 12.0. The Bertz CT molecular complexity index is 625. The van der Waals surface area contributed by atoms with E-state index in [1.807, 2.05) is 33.2 Å². The lowest BCUT2D eigenvalue weighted by Gasteiger charge is -2.13. The fourth-order valence-electron chi connectivity index (χ4n) is 1.71. The van der Waals surface area contributed by atoms with E-state index < -0.39 is 0 Å². The predicted molar refractivity (Wildman–Crippen MR) is 80.5 cm³/mol. The molecule has 6 nitrogen and oxygen atoms in total. The van der Waals surface area contributed by atoms with Crippen LogP contribution in [0, 0.1) is 6.92 Å². The predicted octanol–water partition coefficient (Wildman–Crippen LogP) is 2.77. The third-order valence-electron chi connectivity index (χ3n) is 2.84. The molecule has 0 aliphatic heterocycles. The molecule has 2 amide bonds. The Morgan fingerprint density at radius 1 is 1.45 bits per heavy atom. The molecule has 0 aromatic carbocycles. The maximum Gasteiger partial charge on any atom is 0.320 e. The minimum atomic E-state index is -0.296. The maximum atomic E-state index is 11.9. The van der Waals surface area contributed by atoms with E-state index >= 15 is 0 Å². The molecule has 2 aromatic heterocycles. The molecule has 0 radical (unpaired) electrons. The summed E-state index contributed by atoms with van der Waals surface area (Å²) in [6.45, 7) is 3.77. The number of anilines is 1. The van der Waals surface area contributed by atoms with Gasteiger partial charge in [0.2, 0.25) is 0 Å². The maximum absolute atomic E-state index is 11.9. The van der Waals surface area contributed by atoms with Crippen LogP contribution in [0.2, 0.25) is 0 Å². The molecule has 20 heavy (non-hydrogen) atoms. The fraction of sp³-hybridized carbons (Fsp3) is 0.308. The summed E-state index contributed by atoms with van der Waals surface area (Å²) in [4.78, 5) is 16.2. The minimum absolute atomic E-state index is 0.125. The van der Waals surface area contributed by atoms with Crippen molar-refractivity contribution in [2.45, 2.75) is 19.9 Å². The largest absolute Gasteiger partial charge is 0.331 e. The number of hydrogen-bond acceptors (Lipinski definition) is 3. The molecule has 2 rings (SSSR count). The van der Waals surface area contributed by atoms with Gasteiger partial charge in [-0.2, -0.15) is 5.10 Å². The summed E-state index contributed by atoms with van der Waals surface area (Å²) in [5.41, 5.74) is 1.77. The third-order valence-corrected chi connectivity index (χ3v) is 3.67. The number of nitrogens with zero attached hydrogens (tertiary/aromatic N) is 3. The number of urea groups is 1. The number of carbonyl (C=O) groups is 1. The molecule has 2 heterocycles. The first-order valence-corrected chi connectivity index (χ1v) is 6.94. The molecular formula is C13H16BrN5O. The molecule has 1 atom stereocenters. The van der Waals surface area contributed by atoms with Crippen LogP contribution in [0.3, 0.4) is 0 Å². The minimum Gasteiger partial charge on any atom is -0.331 e. The van der Waals surface area contributed by atoms with Gasteiger partial charge in [0.1, 0.15) is 5.82 Å². The van der Waals surface area contributed by atoms with Crippen LogP contribution in [0.1, 0.15) is 24.2 Å². The molecule has 0 fully saturated rings. The van der Waals surface area contributed by atoms with Crippen LogP contribution < -0.4 is 10.6 Å². The molecule has 0 aliphatic carbocycles. The van der Waals surface area contributed by atoms with E-state index in [4.69, 9.17) is 0 Å². The van der Waals surface area contributed by atoms with Gasteiger partial charge in [0.25, 0.3) is 0 Å². The van der Waals surface area contributed by atoms with Crippen molar-refractivity contribution in [3.05, 3.63) is 40.3 Å². The topological polar surface area (TPSA) is 71.8 Å². The Hall–Kier alpha value is -1.89. The summed E-state index contributed by atoms with van der Waals surface area (Å²) in [7, 11) is 1.84. The highest BCUT2D eigenvalue weighted by molar-refractivity contribution is 9.10. The van der Waals surface area contributed by atoms with Crippen LogP contribution in [0.15, 0.2) is 29.0 Å². The molecule has 1 unspecified atom stereocenters. The van der Waals surface area contributed by atoms with Crippen LogP contribution in [-0.2, 0) is 7.05 Å². The Labute approximate surface area is 125 Å². The molecule has 0 saturated carbocycles. The number of amides is 2. The molecule has 7 heteroatoms. The zero-order valence-electron chi connectivity index (χ0n) is 11.5. The van der Waals surface area contributed by atoms with Gasteiger partial charge in [-0.1, -0.05) is 0 Å². The van der Waals surface area contributed by atoms with E-state index in [9.17, 15) is 4.79 Å². The number of halogens is 1. The third kappa shape index (κ3) is 3.57. The Kier molecular flexibility index (Phi) is 4.39. The Morgan fingerprint density at radius 2 is 2.20 bits per heavy atom. The summed E-state index contributed by atoms with van der Waals surface area (Å²) >= 11 is 3.37. The van der Waals surface area contributed by atoms with E-state index in [1.165, 1.54) is 0 Å². The SMILES string of the molecule is Cc1nc(NC(=O)NC(C)c2cnn(C)c2)ccc1Br. The lowest BCUT2D eigenvalue weighted by atomic mass is 10.2. The quantitative estimate of drug-likeness (QED) is 0.904. The average molecular weight is 338 g/mol. The monoisotopic (exact) mass is 337 g/mol.